The van der Waals surface area contributed by atoms with Crippen molar-refractivity contribution < 1.29 is 14.1 Å². The molecule has 0 aromatic heterocycles. The molecule has 4 nitrogen and oxygen atoms in total. The van der Waals surface area contributed by atoms with Gasteiger partial charge in [0.25, 0.3) is 0 Å². The Morgan fingerprint density at radius 3 is 2.21 bits per heavy atom. The van der Waals surface area contributed by atoms with Crippen molar-refractivity contribution in [2.24, 2.45) is 0 Å². The summed E-state index contributed by atoms with van der Waals surface area (Å²) in [7, 11) is -1.56. The van der Waals surface area contributed by atoms with Crippen molar-refractivity contribution in [3.05, 3.63) is 88.9 Å². The summed E-state index contributed by atoms with van der Waals surface area (Å²) in [4.78, 5) is 12.5. The van der Waals surface area contributed by atoms with E-state index >= 15 is 0 Å². The lowest BCUT2D eigenvalue weighted by Crippen LogP contribution is -2.40. The van der Waals surface area contributed by atoms with Gasteiger partial charge in [0.1, 0.15) is 17.0 Å². The molecule has 28 heavy (non-hydrogen) atoms. The van der Waals surface area contributed by atoms with E-state index in [9.17, 15) is 14.1 Å². The average Bonchev–Trinajstić information content (AvgIpc) is 2.73. The summed E-state index contributed by atoms with van der Waals surface area (Å²) in [5, 5.41) is 10.5. The Hall–Kier alpha value is -2.47. The molecule has 1 heterocycles. The van der Waals surface area contributed by atoms with E-state index in [4.69, 9.17) is 11.6 Å². The van der Waals surface area contributed by atoms with Crippen LogP contribution in [0.15, 0.2) is 77.7 Å². The van der Waals surface area contributed by atoms with E-state index in [0.29, 0.717) is 28.4 Å². The molecule has 0 amide bonds. The minimum atomic E-state index is -1.56. The van der Waals surface area contributed by atoms with Gasteiger partial charge < -0.3 is 5.11 Å². The standard InChI is InChI=1S/C22H18ClNO3S/c23-18-9-5-15(6-10-18)16-7-11-19(12-8-16)28(27)24-14-13-17-3-1-2-4-20(17)21(24)22(25)26/h1-12,21H,13-14H2,(H,25,26). The van der Waals surface area contributed by atoms with Gasteiger partial charge in [-0.3, -0.25) is 4.79 Å². The first-order chi connectivity index (χ1) is 13.5. The summed E-state index contributed by atoms with van der Waals surface area (Å²) in [6.45, 7) is 0.430. The summed E-state index contributed by atoms with van der Waals surface area (Å²) in [6, 6.07) is 21.4. The molecule has 3 aromatic rings. The molecule has 0 spiro atoms. The highest BCUT2D eigenvalue weighted by atomic mass is 35.5. The quantitative estimate of drug-likeness (QED) is 0.676. The number of carbonyl (C=O) groups is 1. The van der Waals surface area contributed by atoms with Crippen molar-refractivity contribution in [2.45, 2.75) is 17.4 Å². The number of halogens is 1. The summed E-state index contributed by atoms with van der Waals surface area (Å²) < 4.78 is 14.7. The van der Waals surface area contributed by atoms with Crippen LogP contribution < -0.4 is 0 Å². The number of nitrogens with zero attached hydrogens (tertiary/aromatic N) is 1. The number of hydrogen-bond donors (Lipinski definition) is 1. The van der Waals surface area contributed by atoms with E-state index < -0.39 is 23.0 Å². The predicted octanol–water partition coefficient (Wildman–Crippen LogP) is 4.71. The molecule has 0 aliphatic carbocycles. The number of hydrogen-bond acceptors (Lipinski definition) is 2. The number of carboxylic acid groups (broad SMARTS) is 1. The van der Waals surface area contributed by atoms with Crippen LogP contribution in [0.5, 0.6) is 0 Å². The van der Waals surface area contributed by atoms with Crippen LogP contribution in [0.25, 0.3) is 11.1 Å². The molecule has 0 fully saturated rings. The van der Waals surface area contributed by atoms with Gasteiger partial charge in [-0.25, -0.2) is 8.51 Å². The van der Waals surface area contributed by atoms with E-state index in [1.165, 1.54) is 0 Å². The maximum atomic E-state index is 13.2. The van der Waals surface area contributed by atoms with Gasteiger partial charge in [0, 0.05) is 11.6 Å². The first kappa shape index (κ1) is 18.9. The van der Waals surface area contributed by atoms with Gasteiger partial charge in [0.05, 0.1) is 4.90 Å². The van der Waals surface area contributed by atoms with Crippen molar-refractivity contribution >= 4 is 28.6 Å². The molecule has 142 valence electrons. The lowest BCUT2D eigenvalue weighted by Gasteiger charge is -2.33. The summed E-state index contributed by atoms with van der Waals surface area (Å²) in [5.74, 6) is -0.988. The minimum absolute atomic E-state index is 0.430. The Morgan fingerprint density at radius 2 is 1.57 bits per heavy atom. The molecule has 2 atom stereocenters. The number of rotatable bonds is 4. The molecule has 6 heteroatoms. The molecule has 1 N–H and O–H groups in total. The maximum Gasteiger partial charge on any atom is 0.326 e. The first-order valence-corrected chi connectivity index (χ1v) is 10.4. The number of aliphatic carboxylic acids is 1. The lowest BCUT2D eigenvalue weighted by molar-refractivity contribution is -0.141. The fraction of sp³-hybridized carbons (Fsp3) is 0.136. The highest BCUT2D eigenvalue weighted by Gasteiger charge is 2.36. The molecule has 0 bridgehead atoms. The topological polar surface area (TPSA) is 57.6 Å². The second kappa shape index (κ2) is 7.87. The van der Waals surface area contributed by atoms with Gasteiger partial charge in [-0.05, 0) is 52.9 Å². The zero-order valence-electron chi connectivity index (χ0n) is 14.9. The zero-order valence-corrected chi connectivity index (χ0v) is 16.5. The molecule has 0 saturated heterocycles. The van der Waals surface area contributed by atoms with Crippen molar-refractivity contribution in [1.29, 1.82) is 0 Å². The van der Waals surface area contributed by atoms with Crippen LogP contribution in [-0.2, 0) is 22.2 Å². The molecule has 2 unspecified atom stereocenters. The SMILES string of the molecule is O=C(O)C1c2ccccc2CCN1S(=O)c1ccc(-c2ccc(Cl)cc2)cc1. The van der Waals surface area contributed by atoms with Crippen LogP contribution >= 0.6 is 11.6 Å². The van der Waals surface area contributed by atoms with Crippen LogP contribution in [0, 0.1) is 0 Å². The molecule has 0 radical (unpaired) electrons. The van der Waals surface area contributed by atoms with Crippen molar-refractivity contribution in [2.75, 3.05) is 6.54 Å². The fourth-order valence-electron chi connectivity index (χ4n) is 3.52. The summed E-state index contributed by atoms with van der Waals surface area (Å²) >= 11 is 5.93. The largest absolute Gasteiger partial charge is 0.480 e. The second-order valence-corrected chi connectivity index (χ2v) is 8.49. The zero-order chi connectivity index (χ0) is 19.7. The third-order valence-corrected chi connectivity index (χ3v) is 6.67. The van der Waals surface area contributed by atoms with Crippen LogP contribution in [0.4, 0.5) is 0 Å². The summed E-state index contributed by atoms with van der Waals surface area (Å²) in [6.07, 6.45) is 0.675. The molecule has 1 aliphatic rings. The maximum absolute atomic E-state index is 13.2. The third-order valence-electron chi connectivity index (χ3n) is 4.92. The average molecular weight is 412 g/mol. The third kappa shape index (κ3) is 3.61. The Labute approximate surface area is 171 Å². The van der Waals surface area contributed by atoms with Gasteiger partial charge in [-0.2, -0.15) is 0 Å². The molecular formula is C22H18ClNO3S. The predicted molar refractivity (Wildman–Crippen MR) is 111 cm³/mol. The van der Waals surface area contributed by atoms with Crippen molar-refractivity contribution in [3.63, 3.8) is 0 Å². The number of fused-ring (bicyclic) bond motifs is 1. The van der Waals surface area contributed by atoms with Gasteiger partial charge in [0.15, 0.2) is 0 Å². The fourth-order valence-corrected chi connectivity index (χ4v) is 4.94. The van der Waals surface area contributed by atoms with Gasteiger partial charge in [-0.15, -0.1) is 0 Å². The van der Waals surface area contributed by atoms with E-state index in [1.54, 1.807) is 22.5 Å². The number of benzene rings is 3. The van der Waals surface area contributed by atoms with E-state index in [0.717, 1.165) is 16.7 Å². The molecule has 1 aliphatic heterocycles. The van der Waals surface area contributed by atoms with Crippen LogP contribution in [0.1, 0.15) is 17.2 Å². The van der Waals surface area contributed by atoms with Gasteiger partial charge >= 0.3 is 5.97 Å². The molecule has 0 saturated carbocycles. The Kier molecular flexibility index (Phi) is 5.31. The smallest absolute Gasteiger partial charge is 0.326 e. The van der Waals surface area contributed by atoms with Crippen LogP contribution in [-0.4, -0.2) is 26.1 Å². The Morgan fingerprint density at radius 1 is 0.964 bits per heavy atom. The van der Waals surface area contributed by atoms with Crippen molar-refractivity contribution in [3.8, 4) is 11.1 Å². The van der Waals surface area contributed by atoms with Gasteiger partial charge in [0.2, 0.25) is 0 Å². The lowest BCUT2D eigenvalue weighted by atomic mass is 9.94. The molecular weight excluding hydrogens is 394 g/mol. The highest BCUT2D eigenvalue weighted by molar-refractivity contribution is 7.82. The second-order valence-electron chi connectivity index (χ2n) is 6.61. The van der Waals surface area contributed by atoms with Crippen molar-refractivity contribution in [1.82, 2.24) is 4.31 Å². The van der Waals surface area contributed by atoms with E-state index in [1.807, 2.05) is 54.6 Å². The van der Waals surface area contributed by atoms with Crippen LogP contribution in [0.2, 0.25) is 5.02 Å². The monoisotopic (exact) mass is 411 g/mol. The molecule has 4 rings (SSSR count). The first-order valence-electron chi connectivity index (χ1n) is 8.90. The number of carboxylic acids is 1. The highest BCUT2D eigenvalue weighted by Crippen LogP contribution is 2.33. The summed E-state index contributed by atoms with van der Waals surface area (Å²) in [5.41, 5.74) is 3.71. The normalized spacial score (nSPS) is 17.7. The van der Waals surface area contributed by atoms with Gasteiger partial charge in [-0.1, -0.05) is 60.1 Å². The van der Waals surface area contributed by atoms with E-state index in [2.05, 4.69) is 0 Å². The van der Waals surface area contributed by atoms with E-state index in [-0.39, 0.29) is 0 Å². The Balaban J connectivity index is 1.62. The Bertz CT molecular complexity index is 1030. The minimum Gasteiger partial charge on any atom is -0.480 e. The molecule has 3 aromatic carbocycles. The van der Waals surface area contributed by atoms with Crippen LogP contribution in [0.3, 0.4) is 0 Å².